The first kappa shape index (κ1) is 14.3. The predicted molar refractivity (Wildman–Crippen MR) is 71.6 cm³/mol. The summed E-state index contributed by atoms with van der Waals surface area (Å²) in [5.41, 5.74) is 0. The molecule has 1 unspecified atom stereocenters. The van der Waals surface area contributed by atoms with E-state index in [0.717, 1.165) is 38.8 Å². The van der Waals surface area contributed by atoms with Crippen LogP contribution in [0.5, 0.6) is 0 Å². The fourth-order valence-corrected chi connectivity index (χ4v) is 3.20. The molecule has 2 rings (SSSR count). The Bertz CT molecular complexity index is 346. The Hall–Kier alpha value is -1.10. The molecule has 0 aromatic heterocycles. The second kappa shape index (κ2) is 6.37. The van der Waals surface area contributed by atoms with Gasteiger partial charge in [-0.15, -0.1) is 0 Å². The zero-order chi connectivity index (χ0) is 13.8. The third-order valence-corrected chi connectivity index (χ3v) is 4.26. The molecule has 0 bridgehead atoms. The van der Waals surface area contributed by atoms with Gasteiger partial charge in [0.25, 0.3) is 0 Å². The Labute approximate surface area is 114 Å². The Balaban J connectivity index is 1.95. The van der Waals surface area contributed by atoms with E-state index in [1.165, 1.54) is 7.11 Å². The molecule has 0 aromatic carbocycles. The molecular formula is C14H24N2O3. The number of ether oxygens (including phenoxy) is 1. The monoisotopic (exact) mass is 268 g/mol. The zero-order valence-electron chi connectivity index (χ0n) is 11.9. The van der Waals surface area contributed by atoms with E-state index in [0.29, 0.717) is 12.5 Å². The van der Waals surface area contributed by atoms with Gasteiger partial charge in [-0.05, 0) is 39.2 Å². The smallest absolute Gasteiger partial charge is 0.307 e. The van der Waals surface area contributed by atoms with E-state index in [1.807, 2.05) is 4.90 Å². The lowest BCUT2D eigenvalue weighted by atomic mass is 9.91. The second-order valence-electron chi connectivity index (χ2n) is 5.68. The zero-order valence-corrected chi connectivity index (χ0v) is 11.9. The number of carbonyl (C=O) groups is 2. The van der Waals surface area contributed by atoms with E-state index < -0.39 is 0 Å². The van der Waals surface area contributed by atoms with Crippen LogP contribution in [0.3, 0.4) is 0 Å². The SMILES string of the molecule is COC(=O)CC1CCCN1C(=O)[C@H]1CCN[C@@H](C)C1. The van der Waals surface area contributed by atoms with Gasteiger partial charge in [0.05, 0.1) is 13.5 Å². The van der Waals surface area contributed by atoms with Gasteiger partial charge in [0.1, 0.15) is 0 Å². The van der Waals surface area contributed by atoms with Crippen molar-refractivity contribution in [2.24, 2.45) is 5.92 Å². The largest absolute Gasteiger partial charge is 0.469 e. The topological polar surface area (TPSA) is 58.6 Å². The van der Waals surface area contributed by atoms with Crippen molar-refractivity contribution in [1.29, 1.82) is 0 Å². The summed E-state index contributed by atoms with van der Waals surface area (Å²) in [7, 11) is 1.40. The van der Waals surface area contributed by atoms with Crippen LogP contribution in [-0.4, -0.2) is 49.1 Å². The maximum Gasteiger partial charge on any atom is 0.307 e. The van der Waals surface area contributed by atoms with E-state index in [1.54, 1.807) is 0 Å². The van der Waals surface area contributed by atoms with Crippen LogP contribution in [0.25, 0.3) is 0 Å². The molecule has 5 heteroatoms. The van der Waals surface area contributed by atoms with Crippen molar-refractivity contribution >= 4 is 11.9 Å². The number of nitrogens with zero attached hydrogens (tertiary/aromatic N) is 1. The van der Waals surface area contributed by atoms with Gasteiger partial charge in [-0.1, -0.05) is 0 Å². The molecule has 2 aliphatic rings. The van der Waals surface area contributed by atoms with Gasteiger partial charge >= 0.3 is 5.97 Å². The number of esters is 1. The third-order valence-electron chi connectivity index (χ3n) is 4.26. The first-order chi connectivity index (χ1) is 9.11. The molecule has 1 amide bonds. The minimum absolute atomic E-state index is 0.0464. The van der Waals surface area contributed by atoms with Crippen LogP contribution in [0.4, 0.5) is 0 Å². The molecule has 0 aliphatic carbocycles. The van der Waals surface area contributed by atoms with Crippen LogP contribution in [-0.2, 0) is 14.3 Å². The molecular weight excluding hydrogens is 244 g/mol. The number of methoxy groups -OCH3 is 1. The van der Waals surface area contributed by atoms with Gasteiger partial charge < -0.3 is 15.0 Å². The summed E-state index contributed by atoms with van der Waals surface area (Å²) in [5, 5.41) is 3.37. The van der Waals surface area contributed by atoms with Crippen LogP contribution in [0, 0.1) is 5.92 Å². The first-order valence-corrected chi connectivity index (χ1v) is 7.22. The minimum atomic E-state index is -0.219. The summed E-state index contributed by atoms with van der Waals surface area (Å²) >= 11 is 0. The lowest BCUT2D eigenvalue weighted by Gasteiger charge is -2.32. The average molecular weight is 268 g/mol. The molecule has 5 nitrogen and oxygen atoms in total. The van der Waals surface area contributed by atoms with Crippen molar-refractivity contribution in [3.8, 4) is 0 Å². The van der Waals surface area contributed by atoms with E-state index >= 15 is 0 Å². The summed E-state index contributed by atoms with van der Waals surface area (Å²) < 4.78 is 4.72. The predicted octanol–water partition coefficient (Wildman–Crippen LogP) is 0.929. The van der Waals surface area contributed by atoms with E-state index in [4.69, 9.17) is 4.74 Å². The van der Waals surface area contributed by atoms with Crippen LogP contribution >= 0.6 is 0 Å². The van der Waals surface area contributed by atoms with Crippen molar-refractivity contribution in [3.63, 3.8) is 0 Å². The Kier molecular flexibility index (Phi) is 4.80. The quantitative estimate of drug-likeness (QED) is 0.774. The molecule has 2 heterocycles. The highest BCUT2D eigenvalue weighted by Crippen LogP contribution is 2.26. The molecule has 2 fully saturated rings. The Morgan fingerprint density at radius 2 is 2.16 bits per heavy atom. The van der Waals surface area contributed by atoms with Crippen molar-refractivity contribution in [2.75, 3.05) is 20.2 Å². The van der Waals surface area contributed by atoms with Crippen LogP contribution in [0.1, 0.15) is 39.0 Å². The van der Waals surface area contributed by atoms with Gasteiger partial charge in [-0.2, -0.15) is 0 Å². The molecule has 1 N–H and O–H groups in total. The molecule has 3 atom stereocenters. The van der Waals surface area contributed by atoms with Crippen molar-refractivity contribution < 1.29 is 14.3 Å². The Morgan fingerprint density at radius 3 is 2.84 bits per heavy atom. The summed E-state index contributed by atoms with van der Waals surface area (Å²) in [6.45, 7) is 3.82. The molecule has 2 saturated heterocycles. The maximum atomic E-state index is 12.6. The van der Waals surface area contributed by atoms with Gasteiger partial charge in [0.15, 0.2) is 0 Å². The second-order valence-corrected chi connectivity index (χ2v) is 5.68. The highest BCUT2D eigenvalue weighted by molar-refractivity contribution is 5.80. The van der Waals surface area contributed by atoms with E-state index in [2.05, 4.69) is 12.2 Å². The fourth-order valence-electron chi connectivity index (χ4n) is 3.20. The molecule has 0 saturated carbocycles. The number of piperidine rings is 1. The molecule has 0 aromatic rings. The Morgan fingerprint density at radius 1 is 1.37 bits per heavy atom. The number of hydrogen-bond donors (Lipinski definition) is 1. The number of likely N-dealkylation sites (tertiary alicyclic amines) is 1. The normalized spacial score (nSPS) is 31.3. The number of amides is 1. The molecule has 19 heavy (non-hydrogen) atoms. The number of hydrogen-bond acceptors (Lipinski definition) is 4. The lowest BCUT2D eigenvalue weighted by Crippen LogP contribution is -2.46. The van der Waals surface area contributed by atoms with E-state index in [-0.39, 0.29) is 23.8 Å². The van der Waals surface area contributed by atoms with Crippen LogP contribution in [0.15, 0.2) is 0 Å². The summed E-state index contributed by atoms with van der Waals surface area (Å²) in [6, 6.07) is 0.453. The molecule has 0 radical (unpaired) electrons. The third kappa shape index (κ3) is 3.47. The number of nitrogens with one attached hydrogen (secondary N) is 1. The summed E-state index contributed by atoms with van der Waals surface area (Å²) in [5.74, 6) is 0.137. The molecule has 2 aliphatic heterocycles. The number of rotatable bonds is 3. The van der Waals surface area contributed by atoms with Crippen LogP contribution in [0.2, 0.25) is 0 Å². The average Bonchev–Trinajstić information content (AvgIpc) is 2.85. The van der Waals surface area contributed by atoms with Gasteiger partial charge in [0, 0.05) is 24.5 Å². The molecule has 0 spiro atoms. The lowest BCUT2D eigenvalue weighted by molar-refractivity contribution is -0.144. The summed E-state index contributed by atoms with van der Waals surface area (Å²) in [6.07, 6.45) is 4.06. The molecule has 108 valence electrons. The highest BCUT2D eigenvalue weighted by Gasteiger charge is 2.35. The van der Waals surface area contributed by atoms with Crippen molar-refractivity contribution in [3.05, 3.63) is 0 Å². The van der Waals surface area contributed by atoms with Crippen molar-refractivity contribution in [2.45, 2.75) is 51.1 Å². The van der Waals surface area contributed by atoms with E-state index in [9.17, 15) is 9.59 Å². The van der Waals surface area contributed by atoms with Gasteiger partial charge in [-0.25, -0.2) is 0 Å². The highest BCUT2D eigenvalue weighted by atomic mass is 16.5. The summed E-state index contributed by atoms with van der Waals surface area (Å²) in [4.78, 5) is 25.9. The van der Waals surface area contributed by atoms with Gasteiger partial charge in [0.2, 0.25) is 5.91 Å². The minimum Gasteiger partial charge on any atom is -0.469 e. The number of carbonyl (C=O) groups excluding carboxylic acids is 2. The maximum absolute atomic E-state index is 12.6. The van der Waals surface area contributed by atoms with Gasteiger partial charge in [-0.3, -0.25) is 9.59 Å². The standard InChI is InChI=1S/C14H24N2O3/c1-10-8-11(5-6-15-10)14(18)16-7-3-4-12(16)9-13(17)19-2/h10-12,15H,3-9H2,1-2H3/t10-,11-,12?/m0/s1. The van der Waals surface area contributed by atoms with Crippen molar-refractivity contribution in [1.82, 2.24) is 10.2 Å². The first-order valence-electron chi connectivity index (χ1n) is 7.22. The van der Waals surface area contributed by atoms with Crippen LogP contribution < -0.4 is 5.32 Å². The fraction of sp³-hybridized carbons (Fsp3) is 0.857.